The first-order chi connectivity index (χ1) is 9.12. The SMILES string of the molecule is CCCC(NC(=O)CNC)c1ccc(C(=O)NO)o1. The Morgan fingerprint density at radius 1 is 1.42 bits per heavy atom. The molecular formula is C12H19N3O4. The topological polar surface area (TPSA) is 104 Å². The average Bonchev–Trinajstić information content (AvgIpc) is 2.87. The molecule has 1 heterocycles. The summed E-state index contributed by atoms with van der Waals surface area (Å²) in [5.74, 6) is -0.375. The fourth-order valence-corrected chi connectivity index (χ4v) is 1.70. The second-order valence-corrected chi connectivity index (χ2v) is 4.08. The van der Waals surface area contributed by atoms with Crippen molar-refractivity contribution in [3.8, 4) is 0 Å². The number of amides is 2. The molecule has 0 aliphatic carbocycles. The summed E-state index contributed by atoms with van der Waals surface area (Å²) >= 11 is 0. The average molecular weight is 269 g/mol. The summed E-state index contributed by atoms with van der Waals surface area (Å²) in [5.41, 5.74) is 1.50. The molecular weight excluding hydrogens is 250 g/mol. The first kappa shape index (κ1) is 15.2. The minimum Gasteiger partial charge on any atom is -0.454 e. The molecule has 0 saturated heterocycles. The maximum Gasteiger partial charge on any atom is 0.310 e. The molecule has 7 heteroatoms. The third kappa shape index (κ3) is 4.38. The number of carbonyl (C=O) groups is 2. The summed E-state index contributed by atoms with van der Waals surface area (Å²) in [4.78, 5) is 22.7. The van der Waals surface area contributed by atoms with Crippen LogP contribution in [-0.4, -0.2) is 30.6 Å². The van der Waals surface area contributed by atoms with Crippen LogP contribution in [0.25, 0.3) is 0 Å². The van der Waals surface area contributed by atoms with E-state index >= 15 is 0 Å². The van der Waals surface area contributed by atoms with Gasteiger partial charge in [-0.3, -0.25) is 14.8 Å². The van der Waals surface area contributed by atoms with E-state index < -0.39 is 5.91 Å². The molecule has 1 atom stereocenters. The third-order valence-corrected chi connectivity index (χ3v) is 2.55. The lowest BCUT2D eigenvalue weighted by atomic mass is 10.1. The molecule has 7 nitrogen and oxygen atoms in total. The van der Waals surface area contributed by atoms with Gasteiger partial charge >= 0.3 is 5.91 Å². The molecule has 0 bridgehead atoms. The highest BCUT2D eigenvalue weighted by atomic mass is 16.5. The molecule has 1 aromatic rings. The minimum absolute atomic E-state index is 0.00136. The van der Waals surface area contributed by atoms with E-state index in [4.69, 9.17) is 9.62 Å². The molecule has 106 valence electrons. The summed E-state index contributed by atoms with van der Waals surface area (Å²) in [7, 11) is 1.69. The first-order valence-corrected chi connectivity index (χ1v) is 6.10. The summed E-state index contributed by atoms with van der Waals surface area (Å²) in [6, 6.07) is 2.78. The van der Waals surface area contributed by atoms with Crippen molar-refractivity contribution in [2.24, 2.45) is 0 Å². The van der Waals surface area contributed by atoms with E-state index in [1.165, 1.54) is 11.5 Å². The molecule has 1 rings (SSSR count). The molecule has 0 radical (unpaired) electrons. The standard InChI is InChI=1S/C12H19N3O4/c1-3-4-8(14-11(16)7-13-2)9-5-6-10(19-9)12(17)15-18/h5-6,8,13,18H,3-4,7H2,1-2H3,(H,14,16)(H,15,17). The van der Waals surface area contributed by atoms with Crippen LogP contribution in [0.2, 0.25) is 0 Å². The van der Waals surface area contributed by atoms with E-state index in [0.29, 0.717) is 12.2 Å². The summed E-state index contributed by atoms with van der Waals surface area (Å²) < 4.78 is 5.32. The quantitative estimate of drug-likeness (QED) is 0.428. The predicted molar refractivity (Wildman–Crippen MR) is 67.7 cm³/mol. The van der Waals surface area contributed by atoms with Gasteiger partial charge in [-0.1, -0.05) is 13.3 Å². The van der Waals surface area contributed by atoms with Crippen LogP contribution in [0.4, 0.5) is 0 Å². The Labute approximate surface area is 111 Å². The van der Waals surface area contributed by atoms with E-state index in [-0.39, 0.29) is 24.3 Å². The van der Waals surface area contributed by atoms with Crippen molar-refractivity contribution in [3.63, 3.8) is 0 Å². The molecule has 0 aromatic carbocycles. The number of furan rings is 1. The van der Waals surface area contributed by atoms with Crippen LogP contribution in [0.15, 0.2) is 16.5 Å². The molecule has 1 aromatic heterocycles. The Balaban J connectivity index is 2.77. The van der Waals surface area contributed by atoms with Crippen LogP contribution in [-0.2, 0) is 4.79 Å². The predicted octanol–water partition coefficient (Wildman–Crippen LogP) is 0.575. The molecule has 0 spiro atoms. The number of carbonyl (C=O) groups excluding carboxylic acids is 2. The van der Waals surface area contributed by atoms with Gasteiger partial charge in [0.2, 0.25) is 5.91 Å². The van der Waals surface area contributed by atoms with Crippen LogP contribution >= 0.6 is 0 Å². The Morgan fingerprint density at radius 2 is 2.16 bits per heavy atom. The van der Waals surface area contributed by atoms with E-state index in [1.807, 2.05) is 6.92 Å². The number of hydrogen-bond donors (Lipinski definition) is 4. The van der Waals surface area contributed by atoms with Gasteiger partial charge < -0.3 is 15.1 Å². The number of likely N-dealkylation sites (N-methyl/N-ethyl adjacent to an activating group) is 1. The van der Waals surface area contributed by atoms with Crippen molar-refractivity contribution < 1.29 is 19.2 Å². The highest BCUT2D eigenvalue weighted by Gasteiger charge is 2.19. The molecule has 1 unspecified atom stereocenters. The Kier molecular flexibility index (Phi) is 6.04. The van der Waals surface area contributed by atoms with Crippen molar-refractivity contribution in [1.29, 1.82) is 0 Å². The van der Waals surface area contributed by atoms with Gasteiger partial charge in [0.15, 0.2) is 5.76 Å². The van der Waals surface area contributed by atoms with Gasteiger partial charge in [0.05, 0.1) is 12.6 Å². The fraction of sp³-hybridized carbons (Fsp3) is 0.500. The van der Waals surface area contributed by atoms with Gasteiger partial charge in [-0.25, -0.2) is 5.48 Å². The maximum absolute atomic E-state index is 11.6. The van der Waals surface area contributed by atoms with E-state index in [9.17, 15) is 9.59 Å². The van der Waals surface area contributed by atoms with Crippen molar-refractivity contribution in [3.05, 3.63) is 23.7 Å². The van der Waals surface area contributed by atoms with E-state index in [2.05, 4.69) is 10.6 Å². The Morgan fingerprint density at radius 3 is 2.74 bits per heavy atom. The molecule has 0 fully saturated rings. The molecule has 4 N–H and O–H groups in total. The lowest BCUT2D eigenvalue weighted by Gasteiger charge is -2.15. The zero-order valence-electron chi connectivity index (χ0n) is 11.0. The number of nitrogens with one attached hydrogen (secondary N) is 3. The fourth-order valence-electron chi connectivity index (χ4n) is 1.70. The largest absolute Gasteiger partial charge is 0.454 e. The maximum atomic E-state index is 11.6. The number of rotatable bonds is 7. The molecule has 2 amide bonds. The number of hydroxylamine groups is 1. The normalized spacial score (nSPS) is 11.9. The molecule has 0 aliphatic rings. The highest BCUT2D eigenvalue weighted by Crippen LogP contribution is 2.21. The van der Waals surface area contributed by atoms with Crippen molar-refractivity contribution in [2.75, 3.05) is 13.6 Å². The van der Waals surface area contributed by atoms with E-state index in [0.717, 1.165) is 6.42 Å². The zero-order valence-corrected chi connectivity index (χ0v) is 11.0. The minimum atomic E-state index is -0.719. The Bertz CT molecular complexity index is 430. The Hall–Kier alpha value is -1.86. The van der Waals surface area contributed by atoms with Gasteiger partial charge in [-0.2, -0.15) is 0 Å². The summed E-state index contributed by atoms with van der Waals surface area (Å²) in [6.07, 6.45) is 1.55. The van der Waals surface area contributed by atoms with Crippen LogP contribution in [0, 0.1) is 0 Å². The monoisotopic (exact) mass is 269 g/mol. The van der Waals surface area contributed by atoms with Gasteiger partial charge in [0.1, 0.15) is 5.76 Å². The third-order valence-electron chi connectivity index (χ3n) is 2.55. The molecule has 19 heavy (non-hydrogen) atoms. The lowest BCUT2D eigenvalue weighted by molar-refractivity contribution is -0.121. The van der Waals surface area contributed by atoms with Crippen molar-refractivity contribution >= 4 is 11.8 Å². The summed E-state index contributed by atoms with van der Waals surface area (Å²) in [5, 5.41) is 14.1. The zero-order chi connectivity index (χ0) is 14.3. The van der Waals surface area contributed by atoms with Crippen molar-refractivity contribution in [1.82, 2.24) is 16.1 Å². The second-order valence-electron chi connectivity index (χ2n) is 4.08. The van der Waals surface area contributed by atoms with E-state index in [1.54, 1.807) is 13.1 Å². The smallest absolute Gasteiger partial charge is 0.310 e. The summed E-state index contributed by atoms with van der Waals surface area (Å²) in [6.45, 7) is 2.20. The van der Waals surface area contributed by atoms with Crippen LogP contribution in [0.1, 0.15) is 42.1 Å². The van der Waals surface area contributed by atoms with Gasteiger partial charge in [0, 0.05) is 0 Å². The van der Waals surface area contributed by atoms with Crippen LogP contribution < -0.4 is 16.1 Å². The van der Waals surface area contributed by atoms with Crippen LogP contribution in [0.3, 0.4) is 0 Å². The van der Waals surface area contributed by atoms with Crippen molar-refractivity contribution in [2.45, 2.75) is 25.8 Å². The first-order valence-electron chi connectivity index (χ1n) is 6.10. The van der Waals surface area contributed by atoms with Gasteiger partial charge in [0.25, 0.3) is 0 Å². The van der Waals surface area contributed by atoms with Gasteiger partial charge in [-0.15, -0.1) is 0 Å². The molecule has 0 saturated carbocycles. The van der Waals surface area contributed by atoms with Gasteiger partial charge in [-0.05, 0) is 25.6 Å². The highest BCUT2D eigenvalue weighted by molar-refractivity contribution is 5.90. The van der Waals surface area contributed by atoms with Crippen LogP contribution in [0.5, 0.6) is 0 Å². The molecule has 0 aliphatic heterocycles. The number of hydrogen-bond acceptors (Lipinski definition) is 5. The second kappa shape index (κ2) is 7.55. The lowest BCUT2D eigenvalue weighted by Crippen LogP contribution is -2.34.